The van der Waals surface area contributed by atoms with Crippen LogP contribution in [0, 0.1) is 0 Å². The lowest BCUT2D eigenvalue weighted by atomic mass is 9.78. The highest BCUT2D eigenvalue weighted by atomic mass is 15.2. The summed E-state index contributed by atoms with van der Waals surface area (Å²) in [5.41, 5.74) is 19.7. The molecule has 2 aliphatic carbocycles. The molecule has 8 nitrogen and oxygen atoms in total. The van der Waals surface area contributed by atoms with Crippen LogP contribution in [-0.4, -0.2) is 39.0 Å². The van der Waals surface area contributed by atoms with Crippen molar-refractivity contribution in [1.82, 2.24) is 39.0 Å². The molecule has 8 heteroatoms. The first-order valence-electron chi connectivity index (χ1n) is 35.8. The third-order valence-electron chi connectivity index (χ3n) is 22.9. The highest BCUT2D eigenvalue weighted by Gasteiger charge is 2.39. The summed E-state index contributed by atoms with van der Waals surface area (Å²) in [5.74, 6) is 3.56. The van der Waals surface area contributed by atoms with Crippen molar-refractivity contribution >= 4 is 108 Å². The molecule has 0 atom stereocenters. The summed E-state index contributed by atoms with van der Waals surface area (Å²) >= 11 is 0. The van der Waals surface area contributed by atoms with Gasteiger partial charge >= 0.3 is 0 Å². The van der Waals surface area contributed by atoms with Gasteiger partial charge in [-0.25, -0.2) is 9.97 Å². The van der Waals surface area contributed by atoms with Gasteiger partial charge in [0.15, 0.2) is 23.3 Å². The van der Waals surface area contributed by atoms with E-state index < -0.39 is 0 Å². The fourth-order valence-electron chi connectivity index (χ4n) is 18.2. The van der Waals surface area contributed by atoms with E-state index in [1.54, 1.807) is 0 Å². The van der Waals surface area contributed by atoms with Gasteiger partial charge in [-0.05, 0) is 128 Å². The van der Waals surface area contributed by atoms with Gasteiger partial charge in [0, 0.05) is 70.8 Å². The molecule has 2 aliphatic rings. The monoisotopic (exact) mass is 1330 g/mol. The van der Waals surface area contributed by atoms with Crippen molar-refractivity contribution in [3.05, 3.63) is 326 Å². The average Bonchev–Trinajstić information content (AvgIpc) is 1.54. The molecule has 0 fully saturated rings. The summed E-state index contributed by atoms with van der Waals surface area (Å²) in [7, 11) is 0. The van der Waals surface area contributed by atoms with E-state index in [1.165, 1.54) is 87.8 Å². The van der Waals surface area contributed by atoms with Crippen molar-refractivity contribution in [1.29, 1.82) is 0 Å². The Bertz CT molecular complexity index is 7160. The molecule has 0 spiro atoms. The molecule has 104 heavy (non-hydrogen) atoms. The van der Waals surface area contributed by atoms with Crippen molar-refractivity contribution in [3.63, 3.8) is 0 Å². The Labute approximate surface area is 598 Å². The van der Waals surface area contributed by atoms with E-state index in [2.05, 4.69) is 328 Å². The standard InChI is InChI=1S/C96H62N8/c1-95(2)78-41-22-21-34-69(78)70-48-44-61(54-80(70)95)92-98-89(56-25-7-5-8-26-56)99-93(101-92)103-81-51-46-58-52-59(43-47-62(58)83(81)84-72-36-18-14-31-66(72)68-33-16-20-38-75(68)88(84)103)63-39-23-40-73-77-53-60(45-50-79(77)96(3,4)85(63)73)91-97-90(57-27-9-6-10-28-57)100-94(102-91)104-86-64-29-12-11-24-55(64)42-49-76(86)82-71-35-17-13-30-65(71)67-32-15-19-37-74(67)87(82)104/h5-54H,1-4H3. The summed E-state index contributed by atoms with van der Waals surface area (Å²) in [4.78, 5) is 33.1. The second-order valence-corrected chi connectivity index (χ2v) is 29.2. The van der Waals surface area contributed by atoms with Gasteiger partial charge in [-0.15, -0.1) is 0 Å². The molecular formula is C96H62N8. The van der Waals surface area contributed by atoms with Gasteiger partial charge in [0.05, 0.1) is 22.1 Å². The van der Waals surface area contributed by atoms with Gasteiger partial charge in [0.1, 0.15) is 0 Å². The Morgan fingerprint density at radius 1 is 0.231 bits per heavy atom. The molecule has 20 aromatic rings. The number of benzene rings is 16. The molecule has 22 rings (SSSR count). The maximum absolute atomic E-state index is 5.65. The van der Waals surface area contributed by atoms with Crippen LogP contribution in [0.3, 0.4) is 0 Å². The van der Waals surface area contributed by atoms with Crippen molar-refractivity contribution < 1.29 is 0 Å². The van der Waals surface area contributed by atoms with Gasteiger partial charge in [-0.3, -0.25) is 9.13 Å². The molecule has 0 unspecified atom stereocenters. The topological polar surface area (TPSA) is 87.2 Å². The maximum Gasteiger partial charge on any atom is 0.238 e. The molecule has 0 saturated heterocycles. The fourth-order valence-corrected chi connectivity index (χ4v) is 18.2. The van der Waals surface area contributed by atoms with E-state index in [-0.39, 0.29) is 10.8 Å². The minimum absolute atomic E-state index is 0.210. The minimum Gasteiger partial charge on any atom is -0.277 e. The van der Waals surface area contributed by atoms with E-state index in [4.69, 9.17) is 29.9 Å². The van der Waals surface area contributed by atoms with Gasteiger partial charge in [0.25, 0.3) is 0 Å². The molecule has 0 bridgehead atoms. The smallest absolute Gasteiger partial charge is 0.238 e. The van der Waals surface area contributed by atoms with Gasteiger partial charge in [-0.2, -0.15) is 19.9 Å². The molecule has 0 radical (unpaired) electrons. The Kier molecular flexibility index (Phi) is 12.2. The Balaban J connectivity index is 0.721. The van der Waals surface area contributed by atoms with Crippen LogP contribution in [0.25, 0.3) is 199 Å². The minimum atomic E-state index is -0.373. The first-order chi connectivity index (χ1) is 51.1. The molecule has 0 N–H and O–H groups in total. The van der Waals surface area contributed by atoms with Gasteiger partial charge < -0.3 is 0 Å². The summed E-state index contributed by atoms with van der Waals surface area (Å²) < 4.78 is 4.65. The Hall–Kier alpha value is -13.3. The van der Waals surface area contributed by atoms with Crippen LogP contribution in [0.2, 0.25) is 0 Å². The lowest BCUT2D eigenvalue weighted by Gasteiger charge is -2.24. The SMILES string of the molecule is CC1(C)c2ccccc2-c2ccc(-c3nc(-c4ccccc4)nc(-n4c5ccc6cc(-c7cccc8c7C(C)(C)c7ccc(-c9nc(-c%10ccccc%10)nc(-n%10c%11c%12ccccc%12ccc%11c%11c%12ccccc%12c%12ccccc%12c%11%10)n9)cc7-8)ccc6c5c5c6ccccc6c6ccccc6c54)n3)cc21. The third-order valence-corrected chi connectivity index (χ3v) is 22.9. The van der Waals surface area contributed by atoms with Crippen molar-refractivity contribution in [3.8, 4) is 90.8 Å². The van der Waals surface area contributed by atoms with E-state index in [0.717, 1.165) is 98.4 Å². The summed E-state index contributed by atoms with van der Waals surface area (Å²) in [6, 6.07) is 110. The molecule has 4 heterocycles. The van der Waals surface area contributed by atoms with E-state index >= 15 is 0 Å². The zero-order chi connectivity index (χ0) is 68.8. The second-order valence-electron chi connectivity index (χ2n) is 29.2. The fraction of sp³-hybridized carbons (Fsp3) is 0.0625. The van der Waals surface area contributed by atoms with E-state index in [9.17, 15) is 0 Å². The Morgan fingerprint density at radius 3 is 1.38 bits per heavy atom. The van der Waals surface area contributed by atoms with Crippen molar-refractivity contribution in [2.75, 3.05) is 0 Å². The average molecular weight is 1330 g/mol. The predicted molar refractivity (Wildman–Crippen MR) is 429 cm³/mol. The van der Waals surface area contributed by atoms with Crippen LogP contribution < -0.4 is 0 Å². The summed E-state index contributed by atoms with van der Waals surface area (Å²) in [5, 5.41) is 18.6. The van der Waals surface area contributed by atoms with Gasteiger partial charge in [0.2, 0.25) is 11.9 Å². The zero-order valence-electron chi connectivity index (χ0n) is 57.4. The number of fused-ring (bicyclic) bond motifs is 26. The molecule has 4 aromatic heterocycles. The Morgan fingerprint density at radius 2 is 0.702 bits per heavy atom. The number of hydrogen-bond acceptors (Lipinski definition) is 6. The predicted octanol–water partition coefficient (Wildman–Crippen LogP) is 24.1. The lowest BCUT2D eigenvalue weighted by Crippen LogP contribution is -2.16. The largest absolute Gasteiger partial charge is 0.277 e. The number of aromatic nitrogens is 8. The summed E-state index contributed by atoms with van der Waals surface area (Å²) in [6.07, 6.45) is 0. The third kappa shape index (κ3) is 8.24. The molecule has 16 aromatic carbocycles. The highest BCUT2D eigenvalue weighted by molar-refractivity contribution is 6.37. The van der Waals surface area contributed by atoms with Crippen LogP contribution in [0.15, 0.2) is 303 Å². The quantitative estimate of drug-likeness (QED) is 0.148. The molecule has 0 saturated carbocycles. The first-order valence-corrected chi connectivity index (χ1v) is 35.8. The van der Waals surface area contributed by atoms with Crippen molar-refractivity contribution in [2.24, 2.45) is 0 Å². The van der Waals surface area contributed by atoms with Crippen LogP contribution in [0.1, 0.15) is 49.9 Å². The van der Waals surface area contributed by atoms with Gasteiger partial charge in [-0.1, -0.05) is 307 Å². The molecule has 486 valence electrons. The molecule has 0 amide bonds. The highest BCUT2D eigenvalue weighted by Crippen LogP contribution is 2.55. The molecule has 0 aliphatic heterocycles. The zero-order valence-corrected chi connectivity index (χ0v) is 57.4. The van der Waals surface area contributed by atoms with Crippen LogP contribution in [-0.2, 0) is 10.8 Å². The summed E-state index contributed by atoms with van der Waals surface area (Å²) in [6.45, 7) is 9.41. The number of hydrogen-bond donors (Lipinski definition) is 0. The number of rotatable bonds is 7. The second kappa shape index (κ2) is 21.6. The van der Waals surface area contributed by atoms with Crippen LogP contribution >= 0.6 is 0 Å². The number of nitrogens with zero attached hydrogens (tertiary/aromatic N) is 8. The van der Waals surface area contributed by atoms with Crippen LogP contribution in [0.4, 0.5) is 0 Å². The van der Waals surface area contributed by atoms with Crippen LogP contribution in [0.5, 0.6) is 0 Å². The lowest BCUT2D eigenvalue weighted by molar-refractivity contribution is 0.660. The maximum atomic E-state index is 5.65. The first kappa shape index (κ1) is 58.5. The van der Waals surface area contributed by atoms with E-state index in [0.29, 0.717) is 35.2 Å². The van der Waals surface area contributed by atoms with Crippen molar-refractivity contribution in [2.45, 2.75) is 38.5 Å². The normalized spacial score (nSPS) is 13.5. The van der Waals surface area contributed by atoms with E-state index in [1.807, 2.05) is 12.1 Å². The molecular weight excluding hydrogens is 1270 g/mol.